The molecule has 1 saturated carbocycles. The Labute approximate surface area is 171 Å². The van der Waals surface area contributed by atoms with Gasteiger partial charge in [0.15, 0.2) is 11.6 Å². The summed E-state index contributed by atoms with van der Waals surface area (Å²) in [6.45, 7) is 4.41. The number of hydrogen-bond acceptors (Lipinski definition) is 3. The van der Waals surface area contributed by atoms with Crippen molar-refractivity contribution < 1.29 is 19.0 Å². The van der Waals surface area contributed by atoms with Crippen molar-refractivity contribution in [1.82, 2.24) is 4.72 Å². The first-order valence-corrected chi connectivity index (χ1v) is 12.1. The third-order valence-corrected chi connectivity index (χ3v) is 6.69. The van der Waals surface area contributed by atoms with Crippen molar-refractivity contribution in [2.75, 3.05) is 12.4 Å². The van der Waals surface area contributed by atoms with Gasteiger partial charge in [-0.1, -0.05) is 50.8 Å². The Morgan fingerprint density at radius 2 is 2.00 bits per heavy atom. The van der Waals surface area contributed by atoms with E-state index in [1.54, 1.807) is 19.1 Å². The largest absolute Gasteiger partial charge is 0.490 e. The van der Waals surface area contributed by atoms with Gasteiger partial charge in [-0.15, -0.1) is 0 Å². The molecule has 4 nitrogen and oxygen atoms in total. The molecule has 0 heterocycles. The van der Waals surface area contributed by atoms with Crippen LogP contribution in [0, 0.1) is 11.7 Å². The van der Waals surface area contributed by atoms with E-state index in [9.17, 15) is 12.8 Å². The molecule has 0 aliphatic heterocycles. The van der Waals surface area contributed by atoms with Crippen molar-refractivity contribution in [2.45, 2.75) is 71.3 Å². The molecule has 160 valence electrons. The fourth-order valence-corrected chi connectivity index (χ4v) is 4.70. The second-order valence-electron chi connectivity index (χ2n) is 7.71. The van der Waals surface area contributed by atoms with Crippen molar-refractivity contribution in [1.29, 1.82) is 0 Å². The molecule has 1 aromatic rings. The summed E-state index contributed by atoms with van der Waals surface area (Å²) in [5, 5.41) is 0. The summed E-state index contributed by atoms with van der Waals surface area (Å²) in [5.74, 6) is 0.333. The molecule has 0 amide bonds. The van der Waals surface area contributed by atoms with E-state index in [1.165, 1.54) is 18.9 Å². The zero-order chi connectivity index (χ0) is 20.4. The lowest BCUT2D eigenvalue weighted by Crippen LogP contribution is -2.29. The first-order chi connectivity index (χ1) is 13.4. The third-order valence-electron chi connectivity index (χ3n) is 5.21. The predicted molar refractivity (Wildman–Crippen MR) is 115 cm³/mol. The minimum Gasteiger partial charge on any atom is -0.490 e. The fourth-order valence-electron chi connectivity index (χ4n) is 3.46. The molecule has 0 spiro atoms. The highest BCUT2D eigenvalue weighted by Crippen LogP contribution is 2.28. The molecule has 0 unspecified atom stereocenters. The van der Waals surface area contributed by atoms with Crippen LogP contribution >= 0.6 is 0 Å². The fraction of sp³-hybridized carbons (Fsp3) is 0.636. The van der Waals surface area contributed by atoms with Crippen LogP contribution in [-0.4, -0.2) is 20.8 Å². The van der Waals surface area contributed by atoms with Crippen molar-refractivity contribution in [3.63, 3.8) is 0 Å². The highest BCUT2D eigenvalue weighted by molar-refractivity contribution is 7.89. The van der Waals surface area contributed by atoms with Gasteiger partial charge in [0.25, 0.3) is 0 Å². The number of allylic oxidation sites excluding steroid dienone is 2. The second-order valence-corrected chi connectivity index (χ2v) is 9.59. The molecule has 0 radical (unpaired) electrons. The highest BCUT2D eigenvalue weighted by Gasteiger charge is 2.19. The lowest BCUT2D eigenvalue weighted by atomic mass is 10.1. The van der Waals surface area contributed by atoms with Crippen LogP contribution in [0.5, 0.6) is 5.75 Å². The van der Waals surface area contributed by atoms with Gasteiger partial charge in [0.2, 0.25) is 10.0 Å². The summed E-state index contributed by atoms with van der Waals surface area (Å²) in [7, 11) is -3.41. The van der Waals surface area contributed by atoms with Crippen LogP contribution in [0.25, 0.3) is 0 Å². The van der Waals surface area contributed by atoms with Gasteiger partial charge in [-0.3, -0.25) is 0 Å². The Balaban J connectivity index is 0.00000420. The lowest BCUT2D eigenvalue weighted by Gasteiger charge is -2.17. The number of ether oxygens (including phenoxy) is 1. The smallest absolute Gasteiger partial charge is 0.212 e. The zero-order valence-electron chi connectivity index (χ0n) is 17.1. The molecule has 1 N–H and O–H groups in total. The highest BCUT2D eigenvalue weighted by atomic mass is 32.2. The average Bonchev–Trinajstić information content (AvgIpc) is 3.17. The van der Waals surface area contributed by atoms with E-state index in [4.69, 9.17) is 4.74 Å². The van der Waals surface area contributed by atoms with Crippen LogP contribution in [-0.2, 0) is 10.0 Å². The number of nitrogens with one attached hydrogen (secondary N) is 1. The molecule has 1 aliphatic rings. The Kier molecular flexibility index (Phi) is 9.45. The normalized spacial score (nSPS) is 16.7. The second kappa shape index (κ2) is 11.6. The first kappa shape index (κ1) is 22.9. The number of unbranched alkanes of at least 4 members (excludes halogenated alkanes) is 2. The number of halogens is 1. The number of sulfonamides is 1. The molecule has 6 heteroatoms. The molecule has 1 fully saturated rings. The van der Waals surface area contributed by atoms with Gasteiger partial charge in [-0.25, -0.2) is 17.5 Å². The molecule has 0 saturated heterocycles. The molecule has 0 bridgehead atoms. The molecular weight excluding hydrogens is 377 g/mol. The van der Waals surface area contributed by atoms with E-state index in [2.05, 4.69) is 11.6 Å². The Bertz CT molecular complexity index is 734. The van der Waals surface area contributed by atoms with Crippen molar-refractivity contribution in [3.8, 4) is 5.75 Å². The van der Waals surface area contributed by atoms with Gasteiger partial charge in [0, 0.05) is 7.47 Å². The number of hydrogen-bond donors (Lipinski definition) is 1. The van der Waals surface area contributed by atoms with E-state index >= 15 is 0 Å². The molecular formula is C22H36FNO3S. The maximum Gasteiger partial charge on any atom is 0.212 e. The van der Waals surface area contributed by atoms with E-state index in [-0.39, 0.29) is 12.9 Å². The van der Waals surface area contributed by atoms with Crippen LogP contribution in [0.2, 0.25) is 0 Å². The van der Waals surface area contributed by atoms with Crippen molar-refractivity contribution in [2.24, 2.45) is 5.92 Å². The van der Waals surface area contributed by atoms with Gasteiger partial charge in [0.1, 0.15) is 0 Å². The van der Waals surface area contributed by atoms with Gasteiger partial charge in [-0.05, 0) is 56.2 Å². The standard InChI is InChI=1S/C22H34FNO3S.H2/c1-3-4-5-6-7-10-15-28(25,26)24-18(2)20-13-14-21(23)22(16-20)27-17-19-11-8-9-12-19;/h6-7,13-14,16,18-19,24H,3-5,8-12,15,17H2,1-2H3;1H/b7-6+;/t18-;/m1./s1. The zero-order valence-corrected chi connectivity index (χ0v) is 17.9. The molecule has 1 aromatic carbocycles. The Hall–Kier alpha value is -1.40. The minimum atomic E-state index is -3.41. The van der Waals surface area contributed by atoms with Crippen LogP contribution in [0.4, 0.5) is 4.39 Å². The van der Waals surface area contributed by atoms with Gasteiger partial charge in [0.05, 0.1) is 12.4 Å². The van der Waals surface area contributed by atoms with Gasteiger partial charge >= 0.3 is 0 Å². The summed E-state index contributed by atoms with van der Waals surface area (Å²) in [6, 6.07) is 4.13. The van der Waals surface area contributed by atoms with E-state index in [1.807, 2.05) is 12.2 Å². The maximum absolute atomic E-state index is 14.1. The molecule has 1 aliphatic carbocycles. The molecule has 0 aromatic heterocycles. The predicted octanol–water partition coefficient (Wildman–Crippen LogP) is 5.76. The van der Waals surface area contributed by atoms with E-state index < -0.39 is 21.9 Å². The molecule has 1 atom stereocenters. The van der Waals surface area contributed by atoms with Gasteiger partial charge in [-0.2, -0.15) is 0 Å². The molecule has 2 rings (SSSR count). The van der Waals surface area contributed by atoms with Crippen LogP contribution in [0.3, 0.4) is 0 Å². The van der Waals surface area contributed by atoms with Crippen LogP contribution < -0.4 is 9.46 Å². The summed E-state index contributed by atoms with van der Waals surface area (Å²) in [6.07, 6.45) is 12.4. The topological polar surface area (TPSA) is 55.4 Å². The third kappa shape index (κ3) is 7.92. The van der Waals surface area contributed by atoms with E-state index in [0.29, 0.717) is 24.5 Å². The number of benzene rings is 1. The molecule has 28 heavy (non-hydrogen) atoms. The quantitative estimate of drug-likeness (QED) is 0.350. The summed E-state index contributed by atoms with van der Waals surface area (Å²) in [5.41, 5.74) is 0.699. The van der Waals surface area contributed by atoms with Crippen molar-refractivity contribution >= 4 is 10.0 Å². The van der Waals surface area contributed by atoms with E-state index in [0.717, 1.165) is 32.1 Å². The Morgan fingerprint density at radius 3 is 2.71 bits per heavy atom. The average molecular weight is 414 g/mol. The SMILES string of the molecule is CCCC/C=C/CCS(=O)(=O)N[C@H](C)c1ccc(F)c(OCC2CCCC2)c1.[HH]. The van der Waals surface area contributed by atoms with Crippen LogP contribution in [0.15, 0.2) is 30.4 Å². The van der Waals surface area contributed by atoms with Gasteiger partial charge < -0.3 is 4.74 Å². The minimum absolute atomic E-state index is 0. The first-order valence-electron chi connectivity index (χ1n) is 10.5. The van der Waals surface area contributed by atoms with Crippen molar-refractivity contribution in [3.05, 3.63) is 41.7 Å². The summed E-state index contributed by atoms with van der Waals surface area (Å²) >= 11 is 0. The summed E-state index contributed by atoms with van der Waals surface area (Å²) < 4.78 is 47.0. The van der Waals surface area contributed by atoms with Crippen LogP contribution in [0.1, 0.15) is 78.2 Å². The number of rotatable bonds is 12. The maximum atomic E-state index is 14.1. The summed E-state index contributed by atoms with van der Waals surface area (Å²) in [4.78, 5) is 0. The monoisotopic (exact) mass is 413 g/mol. The Morgan fingerprint density at radius 1 is 1.29 bits per heavy atom. The lowest BCUT2D eigenvalue weighted by molar-refractivity contribution is 0.242.